The van der Waals surface area contributed by atoms with E-state index in [-0.39, 0.29) is 29.9 Å². The average molecular weight is 519 g/mol. The molecule has 0 aliphatic carbocycles. The Morgan fingerprint density at radius 2 is 2.05 bits per heavy atom. The van der Waals surface area contributed by atoms with Gasteiger partial charge in [0.05, 0.1) is 22.7 Å². The molecule has 3 aromatic heterocycles. The summed E-state index contributed by atoms with van der Waals surface area (Å²) in [5.41, 5.74) is 7.65. The molecule has 1 saturated heterocycles. The van der Waals surface area contributed by atoms with Gasteiger partial charge in [-0.1, -0.05) is 6.92 Å². The molecular weight excluding hydrogens is 484 g/mol. The van der Waals surface area contributed by atoms with Gasteiger partial charge < -0.3 is 25.4 Å². The van der Waals surface area contributed by atoms with Crippen molar-refractivity contribution in [3.05, 3.63) is 47.4 Å². The van der Waals surface area contributed by atoms with Gasteiger partial charge in [-0.2, -0.15) is 0 Å². The molecule has 10 heteroatoms. The van der Waals surface area contributed by atoms with Crippen LogP contribution in [0.4, 0.5) is 11.6 Å². The number of aromatic nitrogens is 3. The maximum atomic E-state index is 12.4. The van der Waals surface area contributed by atoms with E-state index in [0.29, 0.717) is 35.4 Å². The highest BCUT2D eigenvalue weighted by Crippen LogP contribution is 2.38. The van der Waals surface area contributed by atoms with Crippen LogP contribution in [-0.4, -0.2) is 56.5 Å². The number of nitrogens with zero attached hydrogens (tertiary/aromatic N) is 4. The van der Waals surface area contributed by atoms with Gasteiger partial charge in [0.15, 0.2) is 0 Å². The lowest BCUT2D eigenvalue weighted by molar-refractivity contribution is -0.130. The molecule has 0 radical (unpaired) electrons. The zero-order valence-corrected chi connectivity index (χ0v) is 22.4. The minimum absolute atomic E-state index is 0.0334. The zero-order chi connectivity index (χ0) is 27.2. The van der Waals surface area contributed by atoms with Gasteiger partial charge in [-0.05, 0) is 62.8 Å². The van der Waals surface area contributed by atoms with Gasteiger partial charge >= 0.3 is 5.97 Å². The van der Waals surface area contributed by atoms with Crippen molar-refractivity contribution in [2.45, 2.75) is 71.1 Å². The molecule has 0 bridgehead atoms. The van der Waals surface area contributed by atoms with Crippen LogP contribution in [0.1, 0.15) is 81.0 Å². The molecule has 1 fully saturated rings. The Morgan fingerprint density at radius 3 is 2.79 bits per heavy atom. The highest BCUT2D eigenvalue weighted by Gasteiger charge is 2.40. The lowest BCUT2D eigenvalue weighted by Gasteiger charge is -2.36. The first-order chi connectivity index (χ1) is 18.0. The van der Waals surface area contributed by atoms with Crippen LogP contribution in [0.25, 0.3) is 10.8 Å². The van der Waals surface area contributed by atoms with E-state index in [1.807, 2.05) is 38.7 Å². The van der Waals surface area contributed by atoms with Crippen LogP contribution in [-0.2, 0) is 9.53 Å². The number of hydrogen-bond donors (Lipinski definition) is 2. The molecule has 3 N–H and O–H groups in total. The Morgan fingerprint density at radius 1 is 1.26 bits per heavy atom. The Hall–Kier alpha value is -3.79. The van der Waals surface area contributed by atoms with Crippen molar-refractivity contribution >= 4 is 34.3 Å². The first-order valence-corrected chi connectivity index (χ1v) is 13.0. The number of carbonyl (C=O) groups excluding carboxylic acids is 2. The van der Waals surface area contributed by atoms with Gasteiger partial charge in [0.2, 0.25) is 11.8 Å². The number of carbonyl (C=O) groups is 2. The predicted molar refractivity (Wildman–Crippen MR) is 143 cm³/mol. The fourth-order valence-corrected chi connectivity index (χ4v) is 5.17. The Balaban J connectivity index is 1.44. The van der Waals surface area contributed by atoms with E-state index in [4.69, 9.17) is 20.2 Å². The Labute approximate surface area is 221 Å². The maximum absolute atomic E-state index is 12.4. The molecule has 38 heavy (non-hydrogen) atoms. The van der Waals surface area contributed by atoms with Crippen LogP contribution in [0.5, 0.6) is 5.88 Å². The minimum Gasteiger partial charge on any atom is -0.475 e. The second-order valence-electron chi connectivity index (χ2n) is 10.7. The van der Waals surface area contributed by atoms with Crippen molar-refractivity contribution in [1.29, 1.82) is 0 Å². The molecule has 3 atom stereocenters. The fraction of sp³-hybridized carbons (Fsp3) is 0.464. The number of esters is 1. The van der Waals surface area contributed by atoms with Gasteiger partial charge in [-0.15, -0.1) is 0 Å². The second kappa shape index (κ2) is 9.83. The summed E-state index contributed by atoms with van der Waals surface area (Å²) in [5, 5.41) is 4.88. The van der Waals surface area contributed by atoms with E-state index < -0.39 is 5.60 Å². The van der Waals surface area contributed by atoms with Crippen molar-refractivity contribution in [2.75, 3.05) is 18.5 Å². The first-order valence-electron chi connectivity index (χ1n) is 13.0. The van der Waals surface area contributed by atoms with E-state index in [1.165, 1.54) is 0 Å². The van der Waals surface area contributed by atoms with E-state index >= 15 is 0 Å². The fourth-order valence-electron chi connectivity index (χ4n) is 5.17. The smallest absolute Gasteiger partial charge is 0.340 e. The van der Waals surface area contributed by atoms with Crippen LogP contribution in [0, 0.1) is 0 Å². The Kier molecular flexibility index (Phi) is 6.68. The van der Waals surface area contributed by atoms with E-state index in [2.05, 4.69) is 15.3 Å². The molecule has 0 aromatic carbocycles. The minimum atomic E-state index is -0.646. The van der Waals surface area contributed by atoms with Crippen LogP contribution in [0.15, 0.2) is 30.6 Å². The number of likely N-dealkylation sites (tertiary alicyclic amines) is 1. The number of rotatable bonds is 6. The van der Waals surface area contributed by atoms with Gasteiger partial charge in [-0.25, -0.2) is 19.7 Å². The summed E-state index contributed by atoms with van der Waals surface area (Å²) in [7, 11) is 0. The summed E-state index contributed by atoms with van der Waals surface area (Å²) in [5.74, 6) is 1.23. The number of fused-ring (bicyclic) bond motifs is 2. The van der Waals surface area contributed by atoms with Gasteiger partial charge in [0, 0.05) is 37.8 Å². The quantitative estimate of drug-likeness (QED) is 0.460. The monoisotopic (exact) mass is 518 g/mol. The van der Waals surface area contributed by atoms with E-state index in [0.717, 1.165) is 35.7 Å². The third-order valence-corrected chi connectivity index (χ3v) is 7.66. The number of hydrogen-bond acceptors (Lipinski definition) is 9. The van der Waals surface area contributed by atoms with E-state index in [1.54, 1.807) is 31.5 Å². The van der Waals surface area contributed by atoms with Crippen molar-refractivity contribution in [3.8, 4) is 5.88 Å². The van der Waals surface area contributed by atoms with E-state index in [9.17, 15) is 9.59 Å². The van der Waals surface area contributed by atoms with Gasteiger partial charge in [-0.3, -0.25) is 4.79 Å². The van der Waals surface area contributed by atoms with Crippen molar-refractivity contribution < 1.29 is 19.1 Å². The topological polar surface area (TPSA) is 133 Å². The molecule has 200 valence electrons. The number of amides is 1. The van der Waals surface area contributed by atoms with Crippen molar-refractivity contribution in [1.82, 2.24) is 19.9 Å². The summed E-state index contributed by atoms with van der Waals surface area (Å²) in [6.45, 7) is 10.4. The average Bonchev–Trinajstić information content (AvgIpc) is 3.34. The third-order valence-electron chi connectivity index (χ3n) is 7.66. The lowest BCUT2D eigenvalue weighted by atomic mass is 9.84. The standard InChI is InChI=1S/C28H34N6O4/c1-15-25-19(27(36)38-28(15,4)5)8-9-23(33-25)32-24-11-20-21(16(2)29)12-31-26(22(20)13-30-24)37-14-18-7-6-10-34(18)17(3)35/h8-9,11-13,15-16,18H,6-7,10,14,29H2,1-5H3,(H,30,32,33). The maximum Gasteiger partial charge on any atom is 0.340 e. The second-order valence-corrected chi connectivity index (χ2v) is 10.7. The highest BCUT2D eigenvalue weighted by atomic mass is 16.6. The molecule has 0 spiro atoms. The van der Waals surface area contributed by atoms with Crippen LogP contribution in [0.2, 0.25) is 0 Å². The van der Waals surface area contributed by atoms with Gasteiger partial charge in [0.1, 0.15) is 23.8 Å². The molecule has 0 saturated carbocycles. The molecule has 2 aliphatic heterocycles. The molecule has 2 aliphatic rings. The lowest BCUT2D eigenvalue weighted by Crippen LogP contribution is -2.39. The number of nitrogens with one attached hydrogen (secondary N) is 1. The molecule has 3 unspecified atom stereocenters. The highest BCUT2D eigenvalue weighted by molar-refractivity contribution is 5.93. The molecule has 3 aromatic rings. The number of cyclic esters (lactones) is 1. The molecule has 5 heterocycles. The number of ether oxygens (including phenoxy) is 2. The largest absolute Gasteiger partial charge is 0.475 e. The first kappa shape index (κ1) is 25.8. The number of pyridine rings is 3. The third kappa shape index (κ3) is 4.76. The summed E-state index contributed by atoms with van der Waals surface area (Å²) in [4.78, 5) is 40.1. The van der Waals surface area contributed by atoms with Crippen LogP contribution in [0.3, 0.4) is 0 Å². The Bertz CT molecular complexity index is 1410. The zero-order valence-electron chi connectivity index (χ0n) is 22.4. The summed E-state index contributed by atoms with van der Waals surface area (Å²) >= 11 is 0. The molecule has 10 nitrogen and oxygen atoms in total. The summed E-state index contributed by atoms with van der Waals surface area (Å²) in [6, 6.07) is 5.16. The van der Waals surface area contributed by atoms with Crippen LogP contribution < -0.4 is 15.8 Å². The van der Waals surface area contributed by atoms with Gasteiger partial charge in [0.25, 0.3) is 0 Å². The summed E-state index contributed by atoms with van der Waals surface area (Å²) in [6.07, 6.45) is 5.32. The number of nitrogens with two attached hydrogens (primary N) is 1. The molecular formula is C28H34N6O4. The van der Waals surface area contributed by atoms with Crippen molar-refractivity contribution in [3.63, 3.8) is 0 Å². The molecule has 1 amide bonds. The normalized spacial score (nSPS) is 21.1. The molecule has 5 rings (SSSR count). The number of anilines is 2. The van der Waals surface area contributed by atoms with Crippen molar-refractivity contribution in [2.24, 2.45) is 5.73 Å². The SMILES string of the molecule is CC(=O)N1CCCC1COc1ncc(C(C)N)c2cc(Nc3ccc4c(n3)C(C)C(C)(C)OC4=O)ncc12. The predicted octanol–water partition coefficient (Wildman–Crippen LogP) is 4.23. The van der Waals surface area contributed by atoms with Crippen LogP contribution >= 0.6 is 0 Å². The summed E-state index contributed by atoms with van der Waals surface area (Å²) < 4.78 is 11.7.